The molecule has 2 atom stereocenters. The van der Waals surface area contributed by atoms with E-state index in [0.29, 0.717) is 18.7 Å². The molecule has 1 aliphatic heterocycles. The fraction of sp³-hybridized carbons (Fsp3) is 0.429. The van der Waals surface area contributed by atoms with Gasteiger partial charge in [0.1, 0.15) is 11.5 Å². The summed E-state index contributed by atoms with van der Waals surface area (Å²) in [6, 6.07) is 11.1. The molecule has 2 fully saturated rings. The average molecular weight is 364 g/mol. The molecule has 0 unspecified atom stereocenters. The van der Waals surface area contributed by atoms with Crippen molar-refractivity contribution in [3.63, 3.8) is 0 Å². The molecule has 3 heterocycles. The lowest BCUT2D eigenvalue weighted by Crippen LogP contribution is -2.46. The molecule has 4 rings (SSSR count). The Morgan fingerprint density at radius 2 is 2.11 bits per heavy atom. The van der Waals surface area contributed by atoms with Gasteiger partial charge in [0, 0.05) is 24.5 Å². The van der Waals surface area contributed by atoms with Crippen LogP contribution < -0.4 is 10.2 Å². The summed E-state index contributed by atoms with van der Waals surface area (Å²) in [5, 5.41) is 3.10. The molecule has 6 nitrogen and oxygen atoms in total. The Balaban J connectivity index is 1.46. The van der Waals surface area contributed by atoms with Crippen molar-refractivity contribution in [2.45, 2.75) is 45.1 Å². The van der Waals surface area contributed by atoms with E-state index < -0.39 is 0 Å². The van der Waals surface area contributed by atoms with Gasteiger partial charge in [-0.2, -0.15) is 0 Å². The number of aryl methyl sites for hydroxylation is 1. The normalized spacial score (nSPS) is 25.0. The van der Waals surface area contributed by atoms with Gasteiger partial charge in [0.05, 0.1) is 5.41 Å². The van der Waals surface area contributed by atoms with Crippen LogP contribution in [0.15, 0.2) is 42.6 Å². The number of hydrogen-bond acceptors (Lipinski definition) is 4. The van der Waals surface area contributed by atoms with Gasteiger partial charge in [-0.3, -0.25) is 14.5 Å². The van der Waals surface area contributed by atoms with Gasteiger partial charge in [-0.1, -0.05) is 18.6 Å². The first-order valence-corrected chi connectivity index (χ1v) is 9.55. The lowest BCUT2D eigenvalue weighted by atomic mass is 9.71. The van der Waals surface area contributed by atoms with Crippen LogP contribution in [0, 0.1) is 12.3 Å². The van der Waals surface area contributed by atoms with E-state index in [-0.39, 0.29) is 23.3 Å². The lowest BCUT2D eigenvalue weighted by Gasteiger charge is -2.36. The summed E-state index contributed by atoms with van der Waals surface area (Å²) in [5.41, 5.74) is 0.871. The Morgan fingerprint density at radius 3 is 2.89 bits per heavy atom. The highest BCUT2D eigenvalue weighted by Crippen LogP contribution is 2.45. The highest BCUT2D eigenvalue weighted by atomic mass is 16.2. The zero-order valence-corrected chi connectivity index (χ0v) is 15.5. The second-order valence-electron chi connectivity index (χ2n) is 7.61. The Hall–Kier alpha value is -2.76. The molecule has 0 bridgehead atoms. The number of aromatic nitrogens is 2. The molecule has 0 aromatic carbocycles. The maximum absolute atomic E-state index is 13.2. The summed E-state index contributed by atoms with van der Waals surface area (Å²) >= 11 is 0. The standard InChI is InChI=1S/C21H24N4O2/c1-15-6-4-8-17(23-15)19(26)24-16-7-5-10-21(14-16)11-13-25(20(21)27)18-9-2-3-12-22-18/h2-4,6,8-9,12,16H,5,7,10-11,13-14H2,1H3,(H,24,26)/t16-,21-/m0/s1. The number of rotatable bonds is 3. The number of nitrogens with one attached hydrogen (secondary N) is 1. The zero-order chi connectivity index (χ0) is 18.9. The van der Waals surface area contributed by atoms with Crippen LogP contribution in [0.5, 0.6) is 0 Å². The minimum atomic E-state index is -0.381. The molecule has 0 radical (unpaired) electrons. The molecule has 1 spiro atoms. The Morgan fingerprint density at radius 1 is 1.22 bits per heavy atom. The van der Waals surface area contributed by atoms with Crippen molar-refractivity contribution in [3.05, 3.63) is 54.0 Å². The van der Waals surface area contributed by atoms with E-state index in [1.165, 1.54) is 0 Å². The summed E-state index contributed by atoms with van der Waals surface area (Å²) < 4.78 is 0. The molecule has 27 heavy (non-hydrogen) atoms. The molecule has 140 valence electrons. The van der Waals surface area contributed by atoms with Crippen molar-refractivity contribution < 1.29 is 9.59 Å². The summed E-state index contributed by atoms with van der Waals surface area (Å²) in [6.07, 6.45) is 5.94. The molecule has 6 heteroatoms. The van der Waals surface area contributed by atoms with Crippen molar-refractivity contribution >= 4 is 17.6 Å². The first-order chi connectivity index (χ1) is 13.1. The third-order valence-electron chi connectivity index (χ3n) is 5.74. The first-order valence-electron chi connectivity index (χ1n) is 9.55. The Labute approximate surface area is 159 Å². The Kier molecular flexibility index (Phi) is 4.64. The van der Waals surface area contributed by atoms with Crippen LogP contribution in [0.2, 0.25) is 0 Å². The van der Waals surface area contributed by atoms with E-state index in [0.717, 1.165) is 37.2 Å². The van der Waals surface area contributed by atoms with Crippen LogP contribution in [0.3, 0.4) is 0 Å². The molecule has 1 aliphatic carbocycles. The zero-order valence-electron chi connectivity index (χ0n) is 15.5. The number of hydrogen-bond donors (Lipinski definition) is 1. The van der Waals surface area contributed by atoms with Crippen LogP contribution >= 0.6 is 0 Å². The molecule has 2 aliphatic rings. The first kappa shape index (κ1) is 17.6. The van der Waals surface area contributed by atoms with Crippen molar-refractivity contribution in [2.24, 2.45) is 5.41 Å². The SMILES string of the molecule is Cc1cccc(C(=O)N[C@H]2CCC[C@]3(CCN(c4ccccn4)C3=O)C2)n1. The lowest BCUT2D eigenvalue weighted by molar-refractivity contribution is -0.127. The number of nitrogens with zero attached hydrogens (tertiary/aromatic N) is 3. The molecule has 1 saturated carbocycles. The van der Waals surface area contributed by atoms with Gasteiger partial charge in [-0.05, 0) is 56.9 Å². The second kappa shape index (κ2) is 7.10. The monoisotopic (exact) mass is 364 g/mol. The van der Waals surface area contributed by atoms with E-state index in [1.54, 1.807) is 17.2 Å². The molecule has 1 saturated heterocycles. The number of amides is 2. The van der Waals surface area contributed by atoms with Gasteiger partial charge < -0.3 is 5.32 Å². The predicted molar refractivity (Wildman–Crippen MR) is 102 cm³/mol. The van der Waals surface area contributed by atoms with E-state index in [9.17, 15) is 9.59 Å². The van der Waals surface area contributed by atoms with Crippen molar-refractivity contribution in [1.29, 1.82) is 0 Å². The van der Waals surface area contributed by atoms with Gasteiger partial charge >= 0.3 is 0 Å². The fourth-order valence-electron chi connectivity index (χ4n) is 4.39. The van der Waals surface area contributed by atoms with Crippen molar-refractivity contribution in [1.82, 2.24) is 15.3 Å². The van der Waals surface area contributed by atoms with E-state index in [4.69, 9.17) is 0 Å². The fourth-order valence-corrected chi connectivity index (χ4v) is 4.39. The summed E-state index contributed by atoms with van der Waals surface area (Å²) in [6.45, 7) is 2.56. The van der Waals surface area contributed by atoms with Crippen molar-refractivity contribution in [3.8, 4) is 0 Å². The molecular weight excluding hydrogens is 340 g/mol. The molecule has 1 N–H and O–H groups in total. The number of anilines is 1. The summed E-state index contributed by atoms with van der Waals surface area (Å²) in [7, 11) is 0. The maximum Gasteiger partial charge on any atom is 0.270 e. The molecular formula is C21H24N4O2. The van der Waals surface area contributed by atoms with Crippen LogP contribution in [0.1, 0.15) is 48.3 Å². The molecule has 2 aromatic heterocycles. The van der Waals surface area contributed by atoms with Crippen LogP contribution in [0.25, 0.3) is 0 Å². The van der Waals surface area contributed by atoms with Crippen molar-refractivity contribution in [2.75, 3.05) is 11.4 Å². The van der Waals surface area contributed by atoms with Gasteiger partial charge in [0.25, 0.3) is 5.91 Å². The minimum absolute atomic E-state index is 0.00111. The highest BCUT2D eigenvalue weighted by Gasteiger charge is 2.49. The van der Waals surface area contributed by atoms with E-state index in [1.807, 2.05) is 37.3 Å². The predicted octanol–water partition coefficient (Wildman–Crippen LogP) is 2.88. The van der Waals surface area contributed by atoms with Gasteiger partial charge in [-0.15, -0.1) is 0 Å². The number of carbonyl (C=O) groups excluding carboxylic acids is 2. The van der Waals surface area contributed by atoms with Gasteiger partial charge in [0.2, 0.25) is 5.91 Å². The third-order valence-corrected chi connectivity index (χ3v) is 5.74. The number of carbonyl (C=O) groups is 2. The molecule has 2 aromatic rings. The third kappa shape index (κ3) is 3.44. The largest absolute Gasteiger partial charge is 0.348 e. The van der Waals surface area contributed by atoms with Gasteiger partial charge in [0.15, 0.2) is 0 Å². The van der Waals surface area contributed by atoms with Crippen LogP contribution in [-0.4, -0.2) is 34.4 Å². The van der Waals surface area contributed by atoms with E-state index in [2.05, 4.69) is 15.3 Å². The van der Waals surface area contributed by atoms with E-state index >= 15 is 0 Å². The van der Waals surface area contributed by atoms with Crippen LogP contribution in [-0.2, 0) is 4.79 Å². The Bertz CT molecular complexity index is 854. The maximum atomic E-state index is 13.2. The second-order valence-corrected chi connectivity index (χ2v) is 7.61. The van der Waals surface area contributed by atoms with Crippen LogP contribution in [0.4, 0.5) is 5.82 Å². The minimum Gasteiger partial charge on any atom is -0.348 e. The quantitative estimate of drug-likeness (QED) is 0.909. The smallest absolute Gasteiger partial charge is 0.270 e. The number of pyridine rings is 2. The summed E-state index contributed by atoms with van der Waals surface area (Å²) in [5.74, 6) is 0.705. The van der Waals surface area contributed by atoms with Gasteiger partial charge in [-0.25, -0.2) is 9.97 Å². The molecule has 2 amide bonds. The summed E-state index contributed by atoms with van der Waals surface area (Å²) in [4.78, 5) is 36.2. The highest BCUT2D eigenvalue weighted by molar-refractivity contribution is 5.99. The average Bonchev–Trinajstić information content (AvgIpc) is 2.98. The topological polar surface area (TPSA) is 75.2 Å².